The molecule has 1 fully saturated rings. The Balaban J connectivity index is 1.63. The molecule has 1 aromatic carbocycles. The molecular weight excluding hydrogens is 389 g/mol. The predicted molar refractivity (Wildman–Crippen MR) is 109 cm³/mol. The van der Waals surface area contributed by atoms with Gasteiger partial charge >= 0.3 is 0 Å². The fourth-order valence-corrected chi connectivity index (χ4v) is 3.51. The number of hydrogen-bond donors (Lipinski definition) is 1. The third kappa shape index (κ3) is 5.25. The molecule has 1 aromatic heterocycles. The molecule has 0 radical (unpaired) electrons. The van der Waals surface area contributed by atoms with Crippen LogP contribution in [-0.2, 0) is 22.6 Å². The van der Waals surface area contributed by atoms with Crippen molar-refractivity contribution >= 4 is 11.8 Å². The van der Waals surface area contributed by atoms with Crippen molar-refractivity contribution in [3.05, 3.63) is 53.9 Å². The van der Waals surface area contributed by atoms with Crippen LogP contribution in [0.2, 0.25) is 0 Å². The predicted octanol–water partition coefficient (Wildman–Crippen LogP) is 2.29. The van der Waals surface area contributed by atoms with Gasteiger partial charge in [0.05, 0.1) is 27.2 Å². The lowest BCUT2D eigenvalue weighted by atomic mass is 9.93. The molecule has 1 aliphatic rings. The zero-order valence-electron chi connectivity index (χ0n) is 17.2. The average Bonchev–Trinajstić information content (AvgIpc) is 2.77. The molecule has 2 heterocycles. The van der Waals surface area contributed by atoms with Gasteiger partial charge in [0.2, 0.25) is 11.6 Å². The molecule has 1 aliphatic heterocycles. The molecule has 2 aromatic rings. The normalized spacial score (nSPS) is 18.6. The lowest BCUT2D eigenvalue weighted by Gasteiger charge is -2.36. The van der Waals surface area contributed by atoms with Crippen molar-refractivity contribution in [2.75, 3.05) is 27.3 Å². The fraction of sp³-hybridized carbons (Fsp3) is 0.409. The lowest BCUT2D eigenvalue weighted by Crippen LogP contribution is -2.55. The van der Waals surface area contributed by atoms with E-state index in [4.69, 9.17) is 9.47 Å². The topological polar surface area (TPSA) is 80.8 Å². The Morgan fingerprint density at radius 2 is 1.93 bits per heavy atom. The first kappa shape index (κ1) is 21.5. The number of likely N-dealkylation sites (tertiary alicyclic amines) is 1. The minimum Gasteiger partial charge on any atom is -0.497 e. The van der Waals surface area contributed by atoms with E-state index in [-0.39, 0.29) is 31.8 Å². The zero-order chi connectivity index (χ0) is 21.6. The molecule has 0 aliphatic carbocycles. The van der Waals surface area contributed by atoms with Gasteiger partial charge in [0.25, 0.3) is 5.91 Å². The second-order valence-corrected chi connectivity index (χ2v) is 7.33. The average molecular weight is 415 g/mol. The van der Waals surface area contributed by atoms with Crippen molar-refractivity contribution in [3.63, 3.8) is 0 Å². The number of nitrogens with one attached hydrogen (secondary N) is 1. The highest BCUT2D eigenvalue weighted by molar-refractivity contribution is 5.87. The van der Waals surface area contributed by atoms with E-state index >= 15 is 4.39 Å². The van der Waals surface area contributed by atoms with E-state index in [2.05, 4.69) is 10.3 Å². The maximum absolute atomic E-state index is 15.4. The zero-order valence-corrected chi connectivity index (χ0v) is 17.2. The van der Waals surface area contributed by atoms with Crippen LogP contribution in [0.25, 0.3) is 0 Å². The number of piperidine rings is 1. The Morgan fingerprint density at radius 1 is 1.20 bits per heavy atom. The maximum atomic E-state index is 15.4. The standard InChI is InChI=1S/C22H26FN3O4/c1-29-18-9-17(10-19(12-18)30-2)11-20(27)26-8-4-6-22(23,15-26)21(28)25-14-16-5-3-7-24-13-16/h3,5,7,9-10,12-13H,4,6,8,11,14-15H2,1-2H3,(H,25,28)/t22-/m0/s1. The Bertz CT molecular complexity index is 871. The van der Waals surface area contributed by atoms with E-state index in [1.54, 1.807) is 42.7 Å². The van der Waals surface area contributed by atoms with Crippen LogP contribution in [0.1, 0.15) is 24.0 Å². The summed E-state index contributed by atoms with van der Waals surface area (Å²) in [5.74, 6) is 0.204. The van der Waals surface area contributed by atoms with Gasteiger partial charge in [-0.2, -0.15) is 0 Å². The van der Waals surface area contributed by atoms with Crippen LogP contribution >= 0.6 is 0 Å². The quantitative estimate of drug-likeness (QED) is 0.751. The third-order valence-electron chi connectivity index (χ3n) is 5.14. The maximum Gasteiger partial charge on any atom is 0.259 e. The molecule has 30 heavy (non-hydrogen) atoms. The number of aromatic nitrogens is 1. The first-order chi connectivity index (χ1) is 14.4. The second-order valence-electron chi connectivity index (χ2n) is 7.33. The van der Waals surface area contributed by atoms with Crippen LogP contribution < -0.4 is 14.8 Å². The molecule has 0 bridgehead atoms. The molecule has 1 atom stereocenters. The van der Waals surface area contributed by atoms with Gasteiger partial charge in [-0.25, -0.2) is 4.39 Å². The SMILES string of the molecule is COc1cc(CC(=O)N2CCC[C@@](F)(C(=O)NCc3cccnc3)C2)cc(OC)c1. The summed E-state index contributed by atoms with van der Waals surface area (Å²) < 4.78 is 25.9. The summed E-state index contributed by atoms with van der Waals surface area (Å²) >= 11 is 0. The number of pyridine rings is 1. The molecule has 1 saturated heterocycles. The van der Waals surface area contributed by atoms with E-state index in [1.165, 1.54) is 19.1 Å². The second kappa shape index (κ2) is 9.56. The van der Waals surface area contributed by atoms with Crippen LogP contribution in [0, 0.1) is 0 Å². The fourth-order valence-electron chi connectivity index (χ4n) is 3.51. The van der Waals surface area contributed by atoms with E-state index in [1.807, 2.05) is 0 Å². The summed E-state index contributed by atoms with van der Waals surface area (Å²) in [4.78, 5) is 30.7. The van der Waals surface area contributed by atoms with Gasteiger partial charge in [0.1, 0.15) is 11.5 Å². The number of rotatable bonds is 7. The largest absolute Gasteiger partial charge is 0.497 e. The molecular formula is C22H26FN3O4. The van der Waals surface area contributed by atoms with Crippen LogP contribution in [0.4, 0.5) is 4.39 Å². The lowest BCUT2D eigenvalue weighted by molar-refractivity contribution is -0.143. The Hall–Kier alpha value is -3.16. The summed E-state index contributed by atoms with van der Waals surface area (Å²) in [5.41, 5.74) is -0.625. The van der Waals surface area contributed by atoms with Crippen LogP contribution in [0.15, 0.2) is 42.7 Å². The van der Waals surface area contributed by atoms with E-state index < -0.39 is 11.6 Å². The van der Waals surface area contributed by atoms with E-state index in [0.29, 0.717) is 30.0 Å². The number of benzene rings is 1. The highest BCUT2D eigenvalue weighted by Crippen LogP contribution is 2.27. The highest BCUT2D eigenvalue weighted by Gasteiger charge is 2.43. The summed E-state index contributed by atoms with van der Waals surface area (Å²) in [7, 11) is 3.07. The minimum atomic E-state index is -2.11. The molecule has 160 valence electrons. The van der Waals surface area contributed by atoms with Crippen LogP contribution in [0.5, 0.6) is 11.5 Å². The number of carbonyl (C=O) groups excluding carboxylic acids is 2. The number of ether oxygens (including phenoxy) is 2. The third-order valence-corrected chi connectivity index (χ3v) is 5.14. The number of halogens is 1. The van der Waals surface area contributed by atoms with Crippen molar-refractivity contribution in [3.8, 4) is 11.5 Å². The monoisotopic (exact) mass is 415 g/mol. The Labute approximate surface area is 175 Å². The molecule has 7 nitrogen and oxygen atoms in total. The number of alkyl halides is 1. The summed E-state index contributed by atoms with van der Waals surface area (Å²) in [6.07, 6.45) is 3.82. The number of methoxy groups -OCH3 is 2. The molecule has 2 amide bonds. The summed E-state index contributed by atoms with van der Waals surface area (Å²) in [6.45, 7) is 0.350. The van der Waals surface area contributed by atoms with Gasteiger partial charge in [-0.3, -0.25) is 14.6 Å². The highest BCUT2D eigenvalue weighted by atomic mass is 19.1. The van der Waals surface area contributed by atoms with Crippen molar-refractivity contribution in [2.45, 2.75) is 31.5 Å². The first-order valence-corrected chi connectivity index (χ1v) is 9.79. The number of nitrogens with zero attached hydrogens (tertiary/aromatic N) is 2. The van der Waals surface area contributed by atoms with Gasteiger partial charge in [-0.15, -0.1) is 0 Å². The van der Waals surface area contributed by atoms with Crippen molar-refractivity contribution < 1.29 is 23.5 Å². The molecule has 0 saturated carbocycles. The van der Waals surface area contributed by atoms with Gasteiger partial charge in [-0.1, -0.05) is 6.07 Å². The first-order valence-electron chi connectivity index (χ1n) is 9.79. The number of amides is 2. The van der Waals surface area contributed by atoms with E-state index in [0.717, 1.165) is 5.56 Å². The van der Waals surface area contributed by atoms with Crippen LogP contribution in [-0.4, -0.2) is 54.7 Å². The minimum absolute atomic E-state index is 0.0704. The summed E-state index contributed by atoms with van der Waals surface area (Å²) in [5, 5.41) is 2.62. The van der Waals surface area contributed by atoms with Gasteiger partial charge in [0.15, 0.2) is 0 Å². The van der Waals surface area contributed by atoms with Gasteiger partial charge < -0.3 is 19.7 Å². The van der Waals surface area contributed by atoms with Crippen molar-refractivity contribution in [1.29, 1.82) is 0 Å². The van der Waals surface area contributed by atoms with E-state index in [9.17, 15) is 9.59 Å². The van der Waals surface area contributed by atoms with Gasteiger partial charge in [-0.05, 0) is 42.2 Å². The molecule has 1 N–H and O–H groups in total. The van der Waals surface area contributed by atoms with Crippen molar-refractivity contribution in [2.24, 2.45) is 0 Å². The van der Waals surface area contributed by atoms with Crippen molar-refractivity contribution in [1.82, 2.24) is 15.2 Å². The van der Waals surface area contributed by atoms with Crippen LogP contribution in [0.3, 0.4) is 0 Å². The summed E-state index contributed by atoms with van der Waals surface area (Å²) in [6, 6.07) is 8.76. The van der Waals surface area contributed by atoms with Gasteiger partial charge in [0, 0.05) is 31.5 Å². The Morgan fingerprint density at radius 3 is 2.57 bits per heavy atom. The Kier molecular flexibility index (Phi) is 6.87. The molecule has 3 rings (SSSR count). The molecule has 8 heteroatoms. The number of hydrogen-bond acceptors (Lipinski definition) is 5. The smallest absolute Gasteiger partial charge is 0.259 e. The molecule has 0 spiro atoms. The molecule has 0 unspecified atom stereocenters. The number of carbonyl (C=O) groups is 2.